The van der Waals surface area contributed by atoms with Crippen LogP contribution in [0.4, 0.5) is 0 Å². The van der Waals surface area contributed by atoms with Gasteiger partial charge < -0.3 is 10.3 Å². The fourth-order valence-corrected chi connectivity index (χ4v) is 5.23. The van der Waals surface area contributed by atoms with Gasteiger partial charge >= 0.3 is 0 Å². The molecule has 0 radical (unpaired) electrons. The summed E-state index contributed by atoms with van der Waals surface area (Å²) in [5, 5.41) is 4.07. The lowest BCUT2D eigenvalue weighted by atomic mass is 10.1. The number of nitrogens with one attached hydrogen (secondary N) is 2. The molecular weight excluding hydrogens is 338 g/mol. The van der Waals surface area contributed by atoms with Crippen molar-refractivity contribution in [2.75, 3.05) is 18.8 Å². The van der Waals surface area contributed by atoms with Crippen LogP contribution in [0.1, 0.15) is 31.7 Å². The second kappa shape index (κ2) is 7.58. The number of carbonyl (C=O) groups is 1. The summed E-state index contributed by atoms with van der Waals surface area (Å²) in [5.41, 5.74) is 2.23. The van der Waals surface area contributed by atoms with E-state index in [0.717, 1.165) is 22.9 Å². The summed E-state index contributed by atoms with van der Waals surface area (Å²) in [6, 6.07) is 7.49. The van der Waals surface area contributed by atoms with Crippen LogP contribution in [0.15, 0.2) is 30.5 Å². The molecule has 7 heteroatoms. The molecule has 1 atom stereocenters. The Morgan fingerprint density at radius 2 is 2.16 bits per heavy atom. The molecule has 6 nitrogen and oxygen atoms in total. The van der Waals surface area contributed by atoms with Gasteiger partial charge in [-0.25, -0.2) is 8.42 Å². The first-order chi connectivity index (χ1) is 12.0. The van der Waals surface area contributed by atoms with Crippen LogP contribution < -0.4 is 5.32 Å². The van der Waals surface area contributed by atoms with Gasteiger partial charge in [0.15, 0.2) is 0 Å². The summed E-state index contributed by atoms with van der Waals surface area (Å²) in [6.07, 6.45) is 4.58. The number of sulfonamides is 1. The monoisotopic (exact) mass is 363 g/mol. The van der Waals surface area contributed by atoms with Crippen LogP contribution in [0.3, 0.4) is 0 Å². The summed E-state index contributed by atoms with van der Waals surface area (Å²) in [5.74, 6) is -0.0800. The van der Waals surface area contributed by atoms with E-state index in [9.17, 15) is 13.2 Å². The molecule has 1 amide bonds. The highest BCUT2D eigenvalue weighted by atomic mass is 32.2. The minimum Gasteiger partial charge on any atom is -0.361 e. The second-order valence-corrected chi connectivity index (χ2v) is 8.53. The molecule has 0 spiro atoms. The van der Waals surface area contributed by atoms with Gasteiger partial charge in [0, 0.05) is 30.2 Å². The molecule has 2 heterocycles. The standard InChI is InChI=1S/C18H25N3O3S/c1-2-12-25(23,24)21-11-5-8-17(21)18(22)19-10-9-14-13-20-16-7-4-3-6-15(14)16/h3-4,6-7,13,17,20H,2,5,8-12H2,1H3,(H,19,22). The van der Waals surface area contributed by atoms with Crippen molar-refractivity contribution in [1.29, 1.82) is 0 Å². The maximum Gasteiger partial charge on any atom is 0.238 e. The van der Waals surface area contributed by atoms with Crippen molar-refractivity contribution in [2.24, 2.45) is 0 Å². The molecule has 1 saturated heterocycles. The molecule has 136 valence electrons. The van der Waals surface area contributed by atoms with Crippen molar-refractivity contribution in [3.63, 3.8) is 0 Å². The smallest absolute Gasteiger partial charge is 0.238 e. The van der Waals surface area contributed by atoms with Crippen LogP contribution >= 0.6 is 0 Å². The van der Waals surface area contributed by atoms with Crippen LogP contribution in [-0.2, 0) is 21.2 Å². The Balaban J connectivity index is 1.59. The quantitative estimate of drug-likeness (QED) is 0.790. The summed E-state index contributed by atoms with van der Waals surface area (Å²) in [6.45, 7) is 2.78. The maximum absolute atomic E-state index is 12.5. The first-order valence-corrected chi connectivity index (χ1v) is 10.5. The first kappa shape index (κ1) is 17.9. The number of benzene rings is 1. The van der Waals surface area contributed by atoms with Crippen molar-refractivity contribution in [1.82, 2.24) is 14.6 Å². The Hall–Kier alpha value is -1.86. The van der Waals surface area contributed by atoms with Gasteiger partial charge in [0.05, 0.1) is 5.75 Å². The summed E-state index contributed by atoms with van der Waals surface area (Å²) in [7, 11) is -3.33. The molecule has 0 aliphatic carbocycles. The Morgan fingerprint density at radius 1 is 1.36 bits per heavy atom. The molecule has 2 aromatic rings. The Kier molecular flexibility index (Phi) is 5.44. The molecule has 2 N–H and O–H groups in total. The summed E-state index contributed by atoms with van der Waals surface area (Å²) in [4.78, 5) is 15.7. The molecule has 1 aliphatic heterocycles. The van der Waals surface area contributed by atoms with Crippen LogP contribution in [-0.4, -0.2) is 48.5 Å². The first-order valence-electron chi connectivity index (χ1n) is 8.85. The number of hydrogen-bond acceptors (Lipinski definition) is 3. The Bertz CT molecular complexity index is 844. The maximum atomic E-state index is 12.5. The largest absolute Gasteiger partial charge is 0.361 e. The van der Waals surface area contributed by atoms with Crippen LogP contribution in [0.25, 0.3) is 10.9 Å². The van der Waals surface area contributed by atoms with E-state index in [2.05, 4.69) is 16.4 Å². The van der Waals surface area contributed by atoms with Gasteiger partial charge in [0.1, 0.15) is 6.04 Å². The molecule has 0 saturated carbocycles. The molecule has 1 aliphatic rings. The number of rotatable bonds is 7. The fraction of sp³-hybridized carbons (Fsp3) is 0.500. The van der Waals surface area contributed by atoms with Crippen molar-refractivity contribution < 1.29 is 13.2 Å². The Labute approximate surface area is 148 Å². The zero-order chi connectivity index (χ0) is 17.9. The van der Waals surface area contributed by atoms with Gasteiger partial charge in [-0.15, -0.1) is 0 Å². The predicted octanol–water partition coefficient (Wildman–Crippen LogP) is 2.03. The second-order valence-electron chi connectivity index (χ2n) is 6.49. The highest BCUT2D eigenvalue weighted by Crippen LogP contribution is 2.22. The molecule has 3 rings (SSSR count). The van der Waals surface area contributed by atoms with Gasteiger partial charge in [-0.1, -0.05) is 25.1 Å². The van der Waals surface area contributed by atoms with E-state index in [-0.39, 0.29) is 11.7 Å². The molecule has 25 heavy (non-hydrogen) atoms. The van der Waals surface area contributed by atoms with Crippen molar-refractivity contribution >= 4 is 26.8 Å². The third-order valence-corrected chi connectivity index (χ3v) is 6.77. The van der Waals surface area contributed by atoms with E-state index >= 15 is 0 Å². The predicted molar refractivity (Wildman–Crippen MR) is 98.8 cm³/mol. The molecule has 1 aromatic heterocycles. The third-order valence-electron chi connectivity index (χ3n) is 4.69. The van der Waals surface area contributed by atoms with Crippen molar-refractivity contribution in [3.8, 4) is 0 Å². The van der Waals surface area contributed by atoms with Gasteiger partial charge in [-0.3, -0.25) is 4.79 Å². The fourth-order valence-electron chi connectivity index (χ4n) is 3.49. The lowest BCUT2D eigenvalue weighted by molar-refractivity contribution is -0.124. The van der Waals surface area contributed by atoms with E-state index in [1.165, 1.54) is 4.31 Å². The number of nitrogens with zero attached hydrogens (tertiary/aromatic N) is 1. The van der Waals surface area contributed by atoms with E-state index in [4.69, 9.17) is 0 Å². The number of aromatic amines is 1. The zero-order valence-electron chi connectivity index (χ0n) is 14.5. The lowest BCUT2D eigenvalue weighted by Gasteiger charge is -2.23. The zero-order valence-corrected chi connectivity index (χ0v) is 15.3. The van der Waals surface area contributed by atoms with Crippen molar-refractivity contribution in [2.45, 2.75) is 38.6 Å². The van der Waals surface area contributed by atoms with Crippen LogP contribution in [0.5, 0.6) is 0 Å². The van der Waals surface area contributed by atoms with Gasteiger partial charge in [-0.05, 0) is 37.3 Å². The van der Waals surface area contributed by atoms with Gasteiger partial charge in [0.2, 0.25) is 15.9 Å². The number of carbonyl (C=O) groups excluding carboxylic acids is 1. The highest BCUT2D eigenvalue weighted by Gasteiger charge is 2.37. The number of aromatic nitrogens is 1. The van der Waals surface area contributed by atoms with Crippen LogP contribution in [0.2, 0.25) is 0 Å². The van der Waals surface area contributed by atoms with Gasteiger partial charge in [0.25, 0.3) is 0 Å². The SMILES string of the molecule is CCCS(=O)(=O)N1CCCC1C(=O)NCCc1c[nH]c2ccccc12. The average Bonchev–Trinajstić information content (AvgIpc) is 3.22. The topological polar surface area (TPSA) is 82.3 Å². The highest BCUT2D eigenvalue weighted by molar-refractivity contribution is 7.89. The van der Waals surface area contributed by atoms with E-state index < -0.39 is 16.1 Å². The molecular formula is C18H25N3O3S. The van der Waals surface area contributed by atoms with Crippen LogP contribution in [0, 0.1) is 0 Å². The van der Waals surface area contributed by atoms with E-state index in [0.29, 0.717) is 32.4 Å². The Morgan fingerprint density at radius 3 is 2.96 bits per heavy atom. The van der Waals surface area contributed by atoms with Crippen molar-refractivity contribution in [3.05, 3.63) is 36.0 Å². The number of para-hydroxylation sites is 1. The molecule has 1 fully saturated rings. The van der Waals surface area contributed by atoms with Gasteiger partial charge in [-0.2, -0.15) is 4.31 Å². The average molecular weight is 363 g/mol. The number of hydrogen-bond donors (Lipinski definition) is 2. The lowest BCUT2D eigenvalue weighted by Crippen LogP contribution is -2.46. The van der Waals surface area contributed by atoms with E-state index in [1.807, 2.05) is 31.3 Å². The van der Waals surface area contributed by atoms with E-state index in [1.54, 1.807) is 0 Å². The molecule has 0 bridgehead atoms. The molecule has 1 aromatic carbocycles. The minimum atomic E-state index is -3.33. The minimum absolute atomic E-state index is 0.103. The third kappa shape index (κ3) is 3.88. The number of amides is 1. The number of H-pyrrole nitrogens is 1. The molecule has 1 unspecified atom stereocenters. The number of fused-ring (bicyclic) bond motifs is 1. The summed E-state index contributed by atoms with van der Waals surface area (Å²) < 4.78 is 26.0. The summed E-state index contributed by atoms with van der Waals surface area (Å²) >= 11 is 0. The normalized spacial score (nSPS) is 18.7.